The maximum Gasteiger partial charge on any atom is 0.236 e. The van der Waals surface area contributed by atoms with Crippen molar-refractivity contribution in [3.8, 4) is 0 Å². The smallest absolute Gasteiger partial charge is 0.236 e. The summed E-state index contributed by atoms with van der Waals surface area (Å²) >= 11 is 0. The van der Waals surface area contributed by atoms with Crippen molar-refractivity contribution in [3.63, 3.8) is 0 Å². The van der Waals surface area contributed by atoms with E-state index in [1.807, 2.05) is 26.8 Å². The lowest BCUT2D eigenvalue weighted by Gasteiger charge is -2.17. The summed E-state index contributed by atoms with van der Waals surface area (Å²) in [6.07, 6.45) is 0.850. The fraction of sp³-hybridized carbons (Fsp3) is 0.500. The summed E-state index contributed by atoms with van der Waals surface area (Å²) in [7, 11) is -1.39. The van der Waals surface area contributed by atoms with Gasteiger partial charge in [-0.05, 0) is 44.9 Å². The van der Waals surface area contributed by atoms with Crippen LogP contribution in [-0.2, 0) is 15.6 Å². The molecule has 1 aromatic carbocycles. The quantitative estimate of drug-likeness (QED) is 0.811. The Hall–Kier alpha value is -1.36. The highest BCUT2D eigenvalue weighted by atomic mass is 32.2. The van der Waals surface area contributed by atoms with E-state index in [1.165, 1.54) is 0 Å². The molecule has 0 bridgehead atoms. The highest BCUT2D eigenvalue weighted by Crippen LogP contribution is 2.19. The lowest BCUT2D eigenvalue weighted by atomic mass is 10.2. The van der Waals surface area contributed by atoms with Gasteiger partial charge in [0, 0.05) is 16.6 Å². The summed E-state index contributed by atoms with van der Waals surface area (Å²) in [5.41, 5.74) is 7.15. The number of hydrogen-bond acceptors (Lipinski definition) is 3. The number of aryl methyl sites for hydroxylation is 1. The van der Waals surface area contributed by atoms with Gasteiger partial charge in [0.05, 0.1) is 10.8 Å². The SMILES string of the molecule is CCC(C)NC(=O)C(C)S(=O)c1cc(N)ccc1C. The molecule has 1 amide bonds. The molecule has 0 aliphatic carbocycles. The van der Waals surface area contributed by atoms with Gasteiger partial charge >= 0.3 is 0 Å². The lowest BCUT2D eigenvalue weighted by Crippen LogP contribution is -2.40. The summed E-state index contributed by atoms with van der Waals surface area (Å²) < 4.78 is 12.4. The number of nitrogens with two attached hydrogens (primary N) is 1. The fourth-order valence-corrected chi connectivity index (χ4v) is 2.86. The van der Waals surface area contributed by atoms with Gasteiger partial charge in [-0.3, -0.25) is 9.00 Å². The average Bonchev–Trinajstić information content (AvgIpc) is 2.39. The van der Waals surface area contributed by atoms with Crippen molar-refractivity contribution in [1.29, 1.82) is 0 Å². The monoisotopic (exact) mass is 282 g/mol. The highest BCUT2D eigenvalue weighted by molar-refractivity contribution is 7.86. The zero-order chi connectivity index (χ0) is 14.6. The van der Waals surface area contributed by atoms with E-state index in [1.54, 1.807) is 19.1 Å². The normalized spacial score (nSPS) is 15.6. The Labute approximate surface area is 117 Å². The van der Waals surface area contributed by atoms with Crippen molar-refractivity contribution in [3.05, 3.63) is 23.8 Å². The van der Waals surface area contributed by atoms with Crippen LogP contribution < -0.4 is 11.1 Å². The van der Waals surface area contributed by atoms with Crippen molar-refractivity contribution in [2.45, 2.75) is 50.3 Å². The van der Waals surface area contributed by atoms with E-state index in [0.717, 1.165) is 12.0 Å². The molecule has 0 aromatic heterocycles. The average molecular weight is 282 g/mol. The van der Waals surface area contributed by atoms with Crippen LogP contribution in [-0.4, -0.2) is 21.4 Å². The molecule has 4 nitrogen and oxygen atoms in total. The van der Waals surface area contributed by atoms with Crippen LogP contribution in [0.1, 0.15) is 32.8 Å². The first kappa shape index (κ1) is 15.7. The second-order valence-corrected chi connectivity index (χ2v) is 6.52. The molecule has 3 atom stereocenters. The molecule has 0 heterocycles. The minimum Gasteiger partial charge on any atom is -0.399 e. The Bertz CT molecular complexity index is 488. The Morgan fingerprint density at radius 1 is 1.42 bits per heavy atom. The van der Waals surface area contributed by atoms with E-state index < -0.39 is 16.0 Å². The van der Waals surface area contributed by atoms with Gasteiger partial charge in [0.15, 0.2) is 0 Å². The van der Waals surface area contributed by atoms with Gasteiger partial charge < -0.3 is 11.1 Å². The summed E-state index contributed by atoms with van der Waals surface area (Å²) in [5, 5.41) is 2.26. The molecule has 1 rings (SSSR count). The molecular weight excluding hydrogens is 260 g/mol. The number of nitrogens with one attached hydrogen (secondary N) is 1. The number of benzene rings is 1. The topological polar surface area (TPSA) is 72.2 Å². The van der Waals surface area contributed by atoms with E-state index in [-0.39, 0.29) is 11.9 Å². The second kappa shape index (κ2) is 6.70. The third-order valence-corrected chi connectivity index (χ3v) is 4.85. The molecule has 0 fully saturated rings. The van der Waals surface area contributed by atoms with Gasteiger partial charge in [0.25, 0.3) is 0 Å². The standard InChI is InChI=1S/C14H22N2O2S/c1-5-10(3)16-14(17)11(4)19(18)13-8-12(15)7-6-9(13)2/h6-8,10-11H,5,15H2,1-4H3,(H,16,17). The van der Waals surface area contributed by atoms with E-state index in [9.17, 15) is 9.00 Å². The van der Waals surface area contributed by atoms with Crippen LogP contribution in [0.5, 0.6) is 0 Å². The van der Waals surface area contributed by atoms with Crippen LogP contribution in [0.25, 0.3) is 0 Å². The van der Waals surface area contributed by atoms with Crippen molar-refractivity contribution in [2.24, 2.45) is 0 Å². The Kier molecular flexibility index (Phi) is 5.54. The first-order chi connectivity index (χ1) is 8.86. The number of amides is 1. The van der Waals surface area contributed by atoms with E-state index in [2.05, 4.69) is 5.32 Å². The number of anilines is 1. The van der Waals surface area contributed by atoms with Crippen LogP contribution >= 0.6 is 0 Å². The zero-order valence-electron chi connectivity index (χ0n) is 11.9. The predicted molar refractivity (Wildman–Crippen MR) is 79.4 cm³/mol. The lowest BCUT2D eigenvalue weighted by molar-refractivity contribution is -0.120. The Balaban J connectivity index is 2.87. The van der Waals surface area contributed by atoms with Gasteiger partial charge in [0.2, 0.25) is 5.91 Å². The van der Waals surface area contributed by atoms with Crippen LogP contribution in [0.2, 0.25) is 0 Å². The minimum absolute atomic E-state index is 0.0916. The summed E-state index contributed by atoms with van der Waals surface area (Å²) in [4.78, 5) is 12.6. The van der Waals surface area contributed by atoms with E-state index in [0.29, 0.717) is 10.6 Å². The highest BCUT2D eigenvalue weighted by Gasteiger charge is 2.23. The fourth-order valence-electron chi connectivity index (χ4n) is 1.58. The third-order valence-electron chi connectivity index (χ3n) is 3.12. The summed E-state index contributed by atoms with van der Waals surface area (Å²) in [5.74, 6) is -0.186. The molecule has 0 saturated heterocycles. The van der Waals surface area contributed by atoms with Gasteiger partial charge in [-0.1, -0.05) is 13.0 Å². The van der Waals surface area contributed by atoms with Gasteiger partial charge in [-0.15, -0.1) is 0 Å². The molecule has 0 spiro atoms. The van der Waals surface area contributed by atoms with Gasteiger partial charge in [-0.25, -0.2) is 0 Å². The molecule has 0 aliphatic heterocycles. The van der Waals surface area contributed by atoms with Gasteiger partial charge in [0.1, 0.15) is 5.25 Å². The molecule has 19 heavy (non-hydrogen) atoms. The molecule has 5 heteroatoms. The van der Waals surface area contributed by atoms with Crippen LogP contribution in [0.15, 0.2) is 23.1 Å². The van der Waals surface area contributed by atoms with Crippen LogP contribution in [0.3, 0.4) is 0 Å². The Morgan fingerprint density at radius 3 is 2.63 bits per heavy atom. The van der Waals surface area contributed by atoms with Crippen molar-refractivity contribution < 1.29 is 9.00 Å². The second-order valence-electron chi connectivity index (χ2n) is 4.78. The van der Waals surface area contributed by atoms with Crippen molar-refractivity contribution >= 4 is 22.4 Å². The summed E-state index contributed by atoms with van der Waals surface area (Å²) in [6.45, 7) is 7.47. The number of hydrogen-bond donors (Lipinski definition) is 2. The van der Waals surface area contributed by atoms with Crippen LogP contribution in [0, 0.1) is 6.92 Å². The molecule has 3 N–H and O–H groups in total. The van der Waals surface area contributed by atoms with Crippen molar-refractivity contribution in [2.75, 3.05) is 5.73 Å². The number of nitrogen functional groups attached to an aromatic ring is 1. The molecule has 1 aromatic rings. The largest absolute Gasteiger partial charge is 0.399 e. The predicted octanol–water partition coefficient (Wildman–Crippen LogP) is 1.99. The molecule has 0 saturated carbocycles. The Morgan fingerprint density at radius 2 is 2.05 bits per heavy atom. The van der Waals surface area contributed by atoms with Crippen molar-refractivity contribution in [1.82, 2.24) is 5.32 Å². The van der Waals surface area contributed by atoms with E-state index >= 15 is 0 Å². The summed E-state index contributed by atoms with van der Waals surface area (Å²) in [6, 6.07) is 5.36. The maximum absolute atomic E-state index is 12.4. The number of carbonyl (C=O) groups excluding carboxylic acids is 1. The third kappa shape index (κ3) is 4.06. The van der Waals surface area contributed by atoms with Gasteiger partial charge in [-0.2, -0.15) is 0 Å². The number of rotatable bonds is 5. The molecule has 0 aliphatic rings. The molecule has 3 unspecified atom stereocenters. The zero-order valence-corrected chi connectivity index (χ0v) is 12.7. The maximum atomic E-state index is 12.4. The minimum atomic E-state index is -1.39. The first-order valence-corrected chi connectivity index (χ1v) is 7.65. The molecule has 0 radical (unpaired) electrons. The van der Waals surface area contributed by atoms with Crippen LogP contribution in [0.4, 0.5) is 5.69 Å². The van der Waals surface area contributed by atoms with E-state index in [4.69, 9.17) is 5.73 Å². The number of carbonyl (C=O) groups is 1. The first-order valence-electron chi connectivity index (χ1n) is 6.43. The molecule has 106 valence electrons. The molecular formula is C14H22N2O2S.